The molecule has 0 aliphatic rings. The highest BCUT2D eigenvalue weighted by atomic mass is 16.5. The Morgan fingerprint density at radius 2 is 1.80 bits per heavy atom. The highest BCUT2D eigenvalue weighted by Crippen LogP contribution is 2.20. The zero-order chi connectivity index (χ0) is 8.04. The van der Waals surface area contributed by atoms with Gasteiger partial charge in [-0.2, -0.15) is 0 Å². The van der Waals surface area contributed by atoms with Crippen molar-refractivity contribution in [3.8, 4) is 0 Å². The third kappa shape index (κ3) is 3.21. The topological polar surface area (TPSA) is 9.23 Å². The molecule has 0 spiro atoms. The average molecular weight is 144 g/mol. The largest absolute Gasteiger partial charge is 0.376 e. The third-order valence-corrected chi connectivity index (χ3v) is 2.02. The molecule has 1 atom stereocenters. The smallest absolute Gasteiger partial charge is 0.0651 e. The molecule has 0 rings (SSSR count). The van der Waals surface area contributed by atoms with Crippen LogP contribution in [-0.2, 0) is 4.74 Å². The molecule has 0 aromatic carbocycles. The maximum absolute atomic E-state index is 5.62. The molecule has 0 saturated carbocycles. The molecular formula is C9H20O. The van der Waals surface area contributed by atoms with Gasteiger partial charge < -0.3 is 4.74 Å². The third-order valence-electron chi connectivity index (χ3n) is 2.02. The molecule has 1 heteroatoms. The fraction of sp³-hybridized carbons (Fsp3) is 1.00. The summed E-state index contributed by atoms with van der Waals surface area (Å²) in [7, 11) is 0. The predicted octanol–water partition coefficient (Wildman–Crippen LogP) is 2.99. The fourth-order valence-electron chi connectivity index (χ4n) is 1.23. The first-order valence-corrected chi connectivity index (χ1v) is 4.32. The summed E-state index contributed by atoms with van der Waals surface area (Å²) in [5.41, 5.74) is 0.142. The van der Waals surface area contributed by atoms with Gasteiger partial charge in [0.15, 0.2) is 0 Å². The Labute approximate surface area is 64.8 Å². The van der Waals surface area contributed by atoms with Gasteiger partial charge in [0.05, 0.1) is 5.60 Å². The summed E-state index contributed by atoms with van der Waals surface area (Å²) in [5.74, 6) is 0. The van der Waals surface area contributed by atoms with Crippen LogP contribution in [0.1, 0.15) is 47.0 Å². The first-order valence-electron chi connectivity index (χ1n) is 4.32. The molecule has 10 heavy (non-hydrogen) atoms. The van der Waals surface area contributed by atoms with Gasteiger partial charge >= 0.3 is 0 Å². The Bertz CT molecular complexity index is 72.8. The lowest BCUT2D eigenvalue weighted by atomic mass is 9.97. The molecule has 0 amide bonds. The monoisotopic (exact) mass is 144 g/mol. The van der Waals surface area contributed by atoms with Gasteiger partial charge in [0.25, 0.3) is 0 Å². The van der Waals surface area contributed by atoms with E-state index in [4.69, 9.17) is 4.74 Å². The zero-order valence-electron chi connectivity index (χ0n) is 7.74. The minimum atomic E-state index is 0.142. The van der Waals surface area contributed by atoms with Crippen molar-refractivity contribution in [2.45, 2.75) is 52.6 Å². The molecule has 0 aliphatic carbocycles. The molecule has 1 unspecified atom stereocenters. The van der Waals surface area contributed by atoms with Gasteiger partial charge in [0.1, 0.15) is 0 Å². The molecule has 62 valence electrons. The van der Waals surface area contributed by atoms with Crippen molar-refractivity contribution in [3.63, 3.8) is 0 Å². The van der Waals surface area contributed by atoms with E-state index in [-0.39, 0.29) is 5.60 Å². The number of rotatable bonds is 5. The van der Waals surface area contributed by atoms with Gasteiger partial charge in [0.2, 0.25) is 0 Å². The van der Waals surface area contributed by atoms with Crippen LogP contribution in [0, 0.1) is 0 Å². The van der Waals surface area contributed by atoms with E-state index in [1.54, 1.807) is 0 Å². The molecule has 0 aromatic heterocycles. The summed E-state index contributed by atoms with van der Waals surface area (Å²) in [6.45, 7) is 9.48. The Hall–Kier alpha value is -0.0400. The Morgan fingerprint density at radius 1 is 1.20 bits per heavy atom. The van der Waals surface area contributed by atoms with Crippen molar-refractivity contribution in [1.29, 1.82) is 0 Å². The Kier molecular flexibility index (Phi) is 4.71. The molecular weight excluding hydrogens is 124 g/mol. The van der Waals surface area contributed by atoms with E-state index >= 15 is 0 Å². The summed E-state index contributed by atoms with van der Waals surface area (Å²) < 4.78 is 5.62. The van der Waals surface area contributed by atoms with Gasteiger partial charge in [0, 0.05) is 6.61 Å². The highest BCUT2D eigenvalue weighted by Gasteiger charge is 2.19. The number of hydrogen-bond donors (Lipinski definition) is 0. The Morgan fingerprint density at radius 3 is 2.10 bits per heavy atom. The van der Waals surface area contributed by atoms with E-state index in [1.165, 1.54) is 12.8 Å². The second-order valence-electron chi connectivity index (χ2n) is 2.99. The lowest BCUT2D eigenvalue weighted by molar-refractivity contribution is -0.0341. The average Bonchev–Trinajstić information content (AvgIpc) is 1.89. The van der Waals surface area contributed by atoms with Crippen molar-refractivity contribution < 1.29 is 4.74 Å². The van der Waals surface area contributed by atoms with Crippen molar-refractivity contribution in [1.82, 2.24) is 0 Å². The van der Waals surface area contributed by atoms with Crippen LogP contribution < -0.4 is 0 Å². The zero-order valence-corrected chi connectivity index (χ0v) is 7.74. The van der Waals surface area contributed by atoms with Crippen LogP contribution in [0.2, 0.25) is 0 Å². The van der Waals surface area contributed by atoms with E-state index in [2.05, 4.69) is 27.7 Å². The minimum Gasteiger partial charge on any atom is -0.376 e. The molecule has 0 saturated heterocycles. The maximum atomic E-state index is 5.62. The number of hydrogen-bond acceptors (Lipinski definition) is 1. The summed E-state index contributed by atoms with van der Waals surface area (Å²) >= 11 is 0. The van der Waals surface area contributed by atoms with Crippen LogP contribution in [0.4, 0.5) is 0 Å². The summed E-state index contributed by atoms with van der Waals surface area (Å²) in [6, 6.07) is 0. The molecule has 0 N–H and O–H groups in total. The van der Waals surface area contributed by atoms with Crippen LogP contribution >= 0.6 is 0 Å². The lowest BCUT2D eigenvalue weighted by Crippen LogP contribution is -2.27. The first-order chi connectivity index (χ1) is 4.68. The van der Waals surface area contributed by atoms with Crippen molar-refractivity contribution in [3.05, 3.63) is 0 Å². The molecule has 0 aromatic rings. The van der Waals surface area contributed by atoms with Crippen LogP contribution in [-0.4, -0.2) is 12.2 Å². The van der Waals surface area contributed by atoms with E-state index in [0.29, 0.717) is 0 Å². The van der Waals surface area contributed by atoms with E-state index < -0.39 is 0 Å². The van der Waals surface area contributed by atoms with Gasteiger partial charge in [-0.15, -0.1) is 0 Å². The van der Waals surface area contributed by atoms with Crippen molar-refractivity contribution in [2.75, 3.05) is 6.61 Å². The second kappa shape index (κ2) is 4.73. The minimum absolute atomic E-state index is 0.142. The summed E-state index contributed by atoms with van der Waals surface area (Å²) in [6.07, 6.45) is 3.51. The van der Waals surface area contributed by atoms with Crippen molar-refractivity contribution in [2.24, 2.45) is 0 Å². The Balaban J connectivity index is 3.69. The second-order valence-corrected chi connectivity index (χ2v) is 2.99. The van der Waals surface area contributed by atoms with Gasteiger partial charge in [-0.25, -0.2) is 0 Å². The quantitative estimate of drug-likeness (QED) is 0.576. The van der Waals surface area contributed by atoms with Crippen LogP contribution in [0.3, 0.4) is 0 Å². The lowest BCUT2D eigenvalue weighted by Gasteiger charge is -2.27. The highest BCUT2D eigenvalue weighted by molar-refractivity contribution is 4.71. The predicted molar refractivity (Wildman–Crippen MR) is 45.2 cm³/mol. The van der Waals surface area contributed by atoms with Gasteiger partial charge in [-0.05, 0) is 26.7 Å². The molecule has 0 aliphatic heterocycles. The van der Waals surface area contributed by atoms with E-state index in [0.717, 1.165) is 13.0 Å². The van der Waals surface area contributed by atoms with Crippen LogP contribution in [0.5, 0.6) is 0 Å². The van der Waals surface area contributed by atoms with Gasteiger partial charge in [-0.1, -0.05) is 20.3 Å². The molecule has 1 nitrogen and oxygen atoms in total. The first kappa shape index (κ1) is 9.96. The van der Waals surface area contributed by atoms with Crippen molar-refractivity contribution >= 4 is 0 Å². The SMILES string of the molecule is CCCC(C)(CC)OCC. The van der Waals surface area contributed by atoms with Gasteiger partial charge in [-0.3, -0.25) is 0 Å². The number of ether oxygens (including phenoxy) is 1. The molecule has 0 bridgehead atoms. The van der Waals surface area contributed by atoms with E-state index in [9.17, 15) is 0 Å². The standard InChI is InChI=1S/C9H20O/c1-5-8-9(4,6-2)10-7-3/h5-8H2,1-4H3. The molecule has 0 heterocycles. The molecule has 0 fully saturated rings. The van der Waals surface area contributed by atoms with Crippen LogP contribution in [0.15, 0.2) is 0 Å². The molecule has 0 radical (unpaired) electrons. The maximum Gasteiger partial charge on any atom is 0.0651 e. The van der Waals surface area contributed by atoms with Crippen LogP contribution in [0.25, 0.3) is 0 Å². The summed E-state index contributed by atoms with van der Waals surface area (Å²) in [5, 5.41) is 0. The summed E-state index contributed by atoms with van der Waals surface area (Å²) in [4.78, 5) is 0. The van der Waals surface area contributed by atoms with E-state index in [1.807, 2.05) is 0 Å². The normalized spacial score (nSPS) is 16.8. The fourth-order valence-corrected chi connectivity index (χ4v) is 1.23.